The molecule has 5 heteroatoms. The number of hydrogen-bond acceptors (Lipinski definition) is 4. The van der Waals surface area contributed by atoms with Gasteiger partial charge in [-0.2, -0.15) is 4.98 Å². The van der Waals surface area contributed by atoms with Crippen LogP contribution in [0.2, 0.25) is 0 Å². The first-order valence-electron chi connectivity index (χ1n) is 6.01. The third kappa shape index (κ3) is 2.21. The van der Waals surface area contributed by atoms with Crippen LogP contribution in [0, 0.1) is 6.92 Å². The number of aromatic carboxylic acids is 1. The van der Waals surface area contributed by atoms with E-state index >= 15 is 0 Å². The number of carboxylic acids is 1. The maximum absolute atomic E-state index is 10.9. The van der Waals surface area contributed by atoms with Gasteiger partial charge in [0, 0.05) is 0 Å². The van der Waals surface area contributed by atoms with E-state index in [0.29, 0.717) is 16.8 Å². The summed E-state index contributed by atoms with van der Waals surface area (Å²) >= 11 is 0. The maximum Gasteiger partial charge on any atom is 0.400 e. The van der Waals surface area contributed by atoms with Gasteiger partial charge in [0.2, 0.25) is 0 Å². The van der Waals surface area contributed by atoms with Gasteiger partial charge in [-0.1, -0.05) is 18.2 Å². The summed E-state index contributed by atoms with van der Waals surface area (Å²) in [6, 6.07) is 12.0. The van der Waals surface area contributed by atoms with Gasteiger partial charge in [0.05, 0.1) is 5.56 Å². The van der Waals surface area contributed by atoms with Gasteiger partial charge in [-0.15, -0.1) is 0 Å². The van der Waals surface area contributed by atoms with Crippen LogP contribution in [0.1, 0.15) is 15.9 Å². The highest BCUT2D eigenvalue weighted by molar-refractivity contribution is 5.91. The molecule has 100 valence electrons. The van der Waals surface area contributed by atoms with Crippen molar-refractivity contribution >= 4 is 17.1 Å². The molecule has 0 fully saturated rings. The smallest absolute Gasteiger partial charge is 0.400 e. The SMILES string of the molecule is Cc1ccccc1Oc1nc2ccc(C(=O)O)cc2o1. The summed E-state index contributed by atoms with van der Waals surface area (Å²) in [5, 5.41) is 8.93. The number of oxazole rings is 1. The predicted molar refractivity (Wildman–Crippen MR) is 72.2 cm³/mol. The normalized spacial score (nSPS) is 10.7. The van der Waals surface area contributed by atoms with Gasteiger partial charge >= 0.3 is 12.0 Å². The van der Waals surface area contributed by atoms with Crippen molar-refractivity contribution in [2.45, 2.75) is 6.92 Å². The van der Waals surface area contributed by atoms with Gasteiger partial charge in [0.15, 0.2) is 5.58 Å². The highest BCUT2D eigenvalue weighted by Gasteiger charge is 2.11. The Morgan fingerprint density at radius 3 is 2.80 bits per heavy atom. The van der Waals surface area contributed by atoms with Crippen LogP contribution in [0.15, 0.2) is 46.9 Å². The van der Waals surface area contributed by atoms with Crippen molar-refractivity contribution in [1.82, 2.24) is 4.98 Å². The fourth-order valence-corrected chi connectivity index (χ4v) is 1.85. The zero-order valence-corrected chi connectivity index (χ0v) is 10.7. The quantitative estimate of drug-likeness (QED) is 0.786. The number of fused-ring (bicyclic) bond motifs is 1. The van der Waals surface area contributed by atoms with Crippen LogP contribution in [0.4, 0.5) is 0 Å². The van der Waals surface area contributed by atoms with E-state index in [1.54, 1.807) is 6.07 Å². The molecule has 0 spiro atoms. The second kappa shape index (κ2) is 4.70. The number of nitrogens with zero attached hydrogens (tertiary/aromatic N) is 1. The lowest BCUT2D eigenvalue weighted by Crippen LogP contribution is -1.94. The topological polar surface area (TPSA) is 72.6 Å². The number of hydrogen-bond donors (Lipinski definition) is 1. The first-order chi connectivity index (χ1) is 9.63. The zero-order chi connectivity index (χ0) is 14.1. The van der Waals surface area contributed by atoms with Crippen molar-refractivity contribution in [2.75, 3.05) is 0 Å². The minimum atomic E-state index is -1.01. The molecule has 2 aromatic carbocycles. The van der Waals surface area contributed by atoms with Crippen LogP contribution < -0.4 is 4.74 Å². The van der Waals surface area contributed by atoms with Crippen molar-refractivity contribution in [3.63, 3.8) is 0 Å². The minimum absolute atomic E-state index is 0.0943. The summed E-state index contributed by atoms with van der Waals surface area (Å²) in [5.41, 5.74) is 2.05. The van der Waals surface area contributed by atoms with Crippen molar-refractivity contribution in [3.05, 3.63) is 53.6 Å². The molecule has 1 heterocycles. The molecule has 0 aliphatic rings. The number of aryl methyl sites for hydroxylation is 1. The van der Waals surface area contributed by atoms with E-state index in [9.17, 15) is 4.79 Å². The molecule has 3 rings (SSSR count). The Labute approximate surface area is 114 Å². The Hall–Kier alpha value is -2.82. The molecule has 5 nitrogen and oxygen atoms in total. The Morgan fingerprint density at radius 1 is 1.25 bits per heavy atom. The fourth-order valence-electron chi connectivity index (χ4n) is 1.85. The third-order valence-corrected chi connectivity index (χ3v) is 2.91. The molecule has 0 unspecified atom stereocenters. The molecule has 20 heavy (non-hydrogen) atoms. The Bertz CT molecular complexity index is 791. The lowest BCUT2D eigenvalue weighted by Gasteiger charge is -2.02. The van der Waals surface area contributed by atoms with Gasteiger partial charge in [-0.3, -0.25) is 0 Å². The number of para-hydroxylation sites is 1. The zero-order valence-electron chi connectivity index (χ0n) is 10.7. The summed E-state index contributed by atoms with van der Waals surface area (Å²) in [5.74, 6) is -0.359. The molecule has 1 N–H and O–H groups in total. The van der Waals surface area contributed by atoms with E-state index in [1.165, 1.54) is 12.1 Å². The van der Waals surface area contributed by atoms with Gasteiger partial charge in [-0.05, 0) is 36.8 Å². The molecule has 0 amide bonds. The molecule has 0 saturated heterocycles. The van der Waals surface area contributed by atoms with Crippen molar-refractivity contribution in [1.29, 1.82) is 0 Å². The third-order valence-electron chi connectivity index (χ3n) is 2.91. The van der Waals surface area contributed by atoms with Crippen molar-refractivity contribution in [2.24, 2.45) is 0 Å². The first-order valence-corrected chi connectivity index (χ1v) is 6.01. The number of ether oxygens (including phenoxy) is 1. The molecule has 0 bridgehead atoms. The Morgan fingerprint density at radius 2 is 2.05 bits per heavy atom. The Kier molecular flexibility index (Phi) is 2.87. The average Bonchev–Trinajstić information content (AvgIpc) is 2.82. The summed E-state index contributed by atoms with van der Waals surface area (Å²) in [4.78, 5) is 15.1. The van der Waals surface area contributed by atoms with E-state index < -0.39 is 5.97 Å². The van der Waals surface area contributed by atoms with E-state index in [1.807, 2.05) is 31.2 Å². The van der Waals surface area contributed by atoms with E-state index in [2.05, 4.69) is 4.98 Å². The second-order valence-corrected chi connectivity index (χ2v) is 4.33. The highest BCUT2D eigenvalue weighted by Crippen LogP contribution is 2.27. The summed E-state index contributed by atoms with van der Waals surface area (Å²) in [6.45, 7) is 1.92. The number of benzene rings is 2. The van der Waals surface area contributed by atoms with Gasteiger partial charge in [0.25, 0.3) is 0 Å². The molecule has 0 radical (unpaired) electrons. The highest BCUT2D eigenvalue weighted by atomic mass is 16.6. The van der Waals surface area contributed by atoms with Crippen molar-refractivity contribution < 1.29 is 19.1 Å². The number of carbonyl (C=O) groups is 1. The summed E-state index contributed by atoms with van der Waals surface area (Å²) in [6.07, 6.45) is 0.0943. The Balaban J connectivity index is 1.97. The van der Waals surface area contributed by atoms with E-state index in [0.717, 1.165) is 5.56 Å². The summed E-state index contributed by atoms with van der Waals surface area (Å²) in [7, 11) is 0. The van der Waals surface area contributed by atoms with Crippen LogP contribution in [-0.2, 0) is 0 Å². The number of aromatic nitrogens is 1. The molecule has 1 aromatic heterocycles. The monoisotopic (exact) mass is 269 g/mol. The van der Waals surface area contributed by atoms with Crippen LogP contribution in [0.5, 0.6) is 11.8 Å². The molecule has 0 saturated carbocycles. The van der Waals surface area contributed by atoms with Gasteiger partial charge in [0.1, 0.15) is 11.3 Å². The predicted octanol–water partition coefficient (Wildman–Crippen LogP) is 3.63. The van der Waals surface area contributed by atoms with Crippen LogP contribution >= 0.6 is 0 Å². The van der Waals surface area contributed by atoms with E-state index in [4.69, 9.17) is 14.3 Å². The largest absolute Gasteiger partial charge is 0.478 e. The molecular formula is C15H11NO4. The summed E-state index contributed by atoms with van der Waals surface area (Å²) < 4.78 is 11.0. The maximum atomic E-state index is 10.9. The standard InChI is InChI=1S/C15H11NO4/c1-9-4-2-3-5-12(9)19-15-16-11-7-6-10(14(17)18)8-13(11)20-15/h2-8H,1H3,(H,17,18). The van der Waals surface area contributed by atoms with Crippen molar-refractivity contribution in [3.8, 4) is 11.8 Å². The van der Waals surface area contributed by atoms with Crippen LogP contribution in [0.3, 0.4) is 0 Å². The molecule has 0 aliphatic heterocycles. The first kappa shape index (κ1) is 12.2. The molecule has 0 atom stereocenters. The molecular weight excluding hydrogens is 258 g/mol. The second-order valence-electron chi connectivity index (χ2n) is 4.33. The molecule has 0 aliphatic carbocycles. The molecule has 3 aromatic rings. The lowest BCUT2D eigenvalue weighted by atomic mass is 10.2. The fraction of sp³-hybridized carbons (Fsp3) is 0.0667. The van der Waals surface area contributed by atoms with Crippen LogP contribution in [-0.4, -0.2) is 16.1 Å². The average molecular weight is 269 g/mol. The van der Waals surface area contributed by atoms with Gasteiger partial charge < -0.3 is 14.3 Å². The van der Waals surface area contributed by atoms with Gasteiger partial charge in [-0.25, -0.2) is 4.79 Å². The number of rotatable bonds is 3. The minimum Gasteiger partial charge on any atom is -0.478 e. The van der Waals surface area contributed by atoms with E-state index in [-0.39, 0.29) is 11.6 Å². The number of carboxylic acid groups (broad SMARTS) is 1. The van der Waals surface area contributed by atoms with Crippen LogP contribution in [0.25, 0.3) is 11.1 Å². The lowest BCUT2D eigenvalue weighted by molar-refractivity contribution is 0.0697.